The number of carbonyl (C=O) groups excluding carboxylic acids is 2. The molecule has 50 heavy (non-hydrogen) atoms. The molecule has 11 heteroatoms. The van der Waals surface area contributed by atoms with Crippen molar-refractivity contribution in [2.45, 2.75) is 120 Å². The summed E-state index contributed by atoms with van der Waals surface area (Å²) in [5, 5.41) is 59.7. The Hall–Kier alpha value is -1.86. The number of esters is 2. The zero-order chi connectivity index (χ0) is 36.8. The van der Waals surface area contributed by atoms with Crippen LogP contribution in [0.4, 0.5) is 0 Å². The molecule has 6 rings (SSSR count). The highest BCUT2D eigenvalue weighted by Crippen LogP contribution is 2.75. The van der Waals surface area contributed by atoms with Crippen LogP contribution in [-0.2, 0) is 14.3 Å². The number of allylic oxidation sites excluding steroid dienone is 2. The third kappa shape index (κ3) is 5.07. The summed E-state index contributed by atoms with van der Waals surface area (Å²) in [7, 11) is 0. The highest BCUT2D eigenvalue weighted by molar-refractivity contribution is 7.82. The average molecular weight is 731 g/mol. The molecule has 0 spiro atoms. The maximum Gasteiger partial charge on any atom is 0.338 e. The van der Waals surface area contributed by atoms with Crippen LogP contribution in [0.3, 0.4) is 0 Å². The molecule has 4 saturated carbocycles. The fourth-order valence-corrected chi connectivity index (χ4v) is 12.5. The van der Waals surface area contributed by atoms with Crippen LogP contribution in [0, 0.1) is 39.4 Å². The van der Waals surface area contributed by atoms with E-state index in [1.54, 1.807) is 50.3 Å². The average Bonchev–Trinajstić information content (AvgIpc) is 3.07. The molecule has 5 aliphatic rings. The Bertz CT molecular complexity index is 1580. The van der Waals surface area contributed by atoms with E-state index in [1.165, 1.54) is 0 Å². The standard InChI is InChI=1S/C39H54O9S2/c1-7-21(2)32(44)48-31-30(47-33(45)22-11-9-8-10-12-22)38(20-40)24(19-39(31,46)50)23-13-14-25-34(3)17-16-27(41)37(6,49)26(34)15-18-35(25,4)36(23,5)28(42)29(38)43/h7-13,24-31,40-43,46,49-50H,14-20H2,1-6H3/b21-7-/t24?,25?,26?,27-,28-,29+,30-,31-,34+,35+,36-,37-,38-,39-/m0/s1. The van der Waals surface area contributed by atoms with Gasteiger partial charge in [-0.25, -0.2) is 9.59 Å². The zero-order valence-corrected chi connectivity index (χ0v) is 31.7. The van der Waals surface area contributed by atoms with Gasteiger partial charge in [0.05, 0.1) is 35.9 Å². The van der Waals surface area contributed by atoms with Crippen molar-refractivity contribution in [3.05, 3.63) is 59.2 Å². The predicted molar refractivity (Wildman–Crippen MR) is 194 cm³/mol. The van der Waals surface area contributed by atoms with Gasteiger partial charge in [-0.2, -0.15) is 12.6 Å². The van der Waals surface area contributed by atoms with Gasteiger partial charge in [0.15, 0.2) is 12.2 Å². The lowest BCUT2D eigenvalue weighted by atomic mass is 9.33. The second kappa shape index (κ2) is 12.6. The van der Waals surface area contributed by atoms with E-state index in [0.29, 0.717) is 19.3 Å². The van der Waals surface area contributed by atoms with E-state index in [-0.39, 0.29) is 34.8 Å². The first-order chi connectivity index (χ1) is 23.3. The molecular formula is C39H54O9S2. The molecule has 0 saturated heterocycles. The molecule has 0 heterocycles. The minimum absolute atomic E-state index is 0.0626. The normalized spacial score (nSPS) is 48.6. The molecular weight excluding hydrogens is 677 g/mol. The van der Waals surface area contributed by atoms with Gasteiger partial charge < -0.3 is 35.0 Å². The second-order valence-corrected chi connectivity index (χ2v) is 18.5. The summed E-state index contributed by atoms with van der Waals surface area (Å²) < 4.78 is 11.4. The van der Waals surface area contributed by atoms with Gasteiger partial charge in [0, 0.05) is 15.7 Å². The minimum atomic E-state index is -2.06. The Morgan fingerprint density at radius 3 is 2.22 bits per heavy atom. The van der Waals surface area contributed by atoms with Crippen molar-refractivity contribution in [2.24, 2.45) is 39.4 Å². The fourth-order valence-electron chi connectivity index (χ4n) is 11.6. The van der Waals surface area contributed by atoms with Crippen LogP contribution in [0.25, 0.3) is 0 Å². The van der Waals surface area contributed by atoms with Crippen LogP contribution in [0.15, 0.2) is 53.6 Å². The zero-order valence-electron chi connectivity index (χ0n) is 29.9. The van der Waals surface area contributed by atoms with Gasteiger partial charge >= 0.3 is 11.9 Å². The van der Waals surface area contributed by atoms with Crippen LogP contribution >= 0.6 is 25.3 Å². The Morgan fingerprint density at radius 1 is 0.940 bits per heavy atom. The summed E-state index contributed by atoms with van der Waals surface area (Å²) in [5.41, 5.74) is -2.39. The molecule has 0 amide bonds. The lowest BCUT2D eigenvalue weighted by Gasteiger charge is -2.73. The van der Waals surface area contributed by atoms with Crippen LogP contribution < -0.4 is 0 Å². The number of aliphatic hydroxyl groups excluding tert-OH is 4. The van der Waals surface area contributed by atoms with Gasteiger partial charge in [0.1, 0.15) is 4.93 Å². The molecule has 5 N–H and O–H groups in total. The summed E-state index contributed by atoms with van der Waals surface area (Å²) >= 11 is 9.72. The Labute approximate surface area is 306 Å². The highest BCUT2D eigenvalue weighted by atomic mass is 32.1. The van der Waals surface area contributed by atoms with Gasteiger partial charge in [-0.05, 0) is 100 Å². The largest absolute Gasteiger partial charge is 0.454 e. The third-order valence-corrected chi connectivity index (χ3v) is 15.8. The van der Waals surface area contributed by atoms with E-state index in [1.807, 2.05) is 13.8 Å². The van der Waals surface area contributed by atoms with Crippen molar-refractivity contribution >= 4 is 37.2 Å². The molecule has 4 fully saturated rings. The van der Waals surface area contributed by atoms with Crippen LogP contribution in [0.5, 0.6) is 0 Å². The fraction of sp³-hybridized carbons (Fsp3) is 0.692. The molecule has 0 radical (unpaired) electrons. The van der Waals surface area contributed by atoms with Gasteiger partial charge in [-0.3, -0.25) is 0 Å². The van der Waals surface area contributed by atoms with Crippen molar-refractivity contribution in [3.8, 4) is 0 Å². The van der Waals surface area contributed by atoms with Crippen molar-refractivity contribution in [1.29, 1.82) is 0 Å². The smallest absolute Gasteiger partial charge is 0.338 e. The minimum Gasteiger partial charge on any atom is -0.454 e. The van der Waals surface area contributed by atoms with Crippen molar-refractivity contribution in [3.63, 3.8) is 0 Å². The lowest BCUT2D eigenvalue weighted by molar-refractivity contribution is -0.286. The molecule has 0 bridgehead atoms. The summed E-state index contributed by atoms with van der Waals surface area (Å²) in [4.78, 5) is 24.9. The van der Waals surface area contributed by atoms with Gasteiger partial charge in [0.25, 0.3) is 0 Å². The maximum atomic E-state index is 13.8. The van der Waals surface area contributed by atoms with Crippen LogP contribution in [-0.4, -0.2) is 84.3 Å². The number of benzene rings is 1. The summed E-state index contributed by atoms with van der Waals surface area (Å²) in [6, 6.07) is 8.17. The molecule has 1 aromatic rings. The van der Waals surface area contributed by atoms with Crippen LogP contribution in [0.1, 0.15) is 90.4 Å². The topological polar surface area (TPSA) is 154 Å². The molecule has 3 unspecified atom stereocenters. The SMILES string of the molecule is C/C=C(/C)C(=O)O[C@H]1[C@H](OC(=O)c2ccccc2)[C@@]2(CO)C(C[C@]1(O)S)C1=CCC3[C@@]4(C)CC[C@H](O)[C@@](C)(S)C4CC[C@@]3(C)[C@]1(C)[C@@H](O)[C@H]2O. The predicted octanol–water partition coefficient (Wildman–Crippen LogP) is 4.66. The number of fused-ring (bicyclic) bond motifs is 7. The van der Waals surface area contributed by atoms with E-state index in [2.05, 4.69) is 32.6 Å². The number of hydrogen-bond acceptors (Lipinski definition) is 11. The van der Waals surface area contributed by atoms with E-state index in [4.69, 9.17) is 22.1 Å². The monoisotopic (exact) mass is 730 g/mol. The number of hydrogen-bond donors (Lipinski definition) is 7. The summed E-state index contributed by atoms with van der Waals surface area (Å²) in [5.74, 6) is -2.23. The molecule has 276 valence electrons. The first kappa shape index (κ1) is 37.9. The summed E-state index contributed by atoms with van der Waals surface area (Å²) in [6.45, 7) is 10.9. The third-order valence-electron chi connectivity index (χ3n) is 14.7. The van der Waals surface area contributed by atoms with E-state index >= 15 is 0 Å². The second-order valence-electron chi connectivity index (χ2n) is 16.7. The Balaban J connectivity index is 1.51. The quantitative estimate of drug-likeness (QED) is 0.0754. The van der Waals surface area contributed by atoms with Gasteiger partial charge in [0.2, 0.25) is 0 Å². The number of rotatable bonds is 5. The first-order valence-electron chi connectivity index (χ1n) is 17.9. The van der Waals surface area contributed by atoms with Gasteiger partial charge in [-0.15, -0.1) is 12.6 Å². The summed E-state index contributed by atoms with van der Waals surface area (Å²) in [6.07, 6.45) is 0.145. The first-order valence-corrected chi connectivity index (χ1v) is 18.8. The molecule has 1 aromatic carbocycles. The number of carbonyl (C=O) groups is 2. The van der Waals surface area contributed by atoms with E-state index < -0.39 is 80.9 Å². The molecule has 5 aliphatic carbocycles. The van der Waals surface area contributed by atoms with E-state index in [0.717, 1.165) is 18.4 Å². The van der Waals surface area contributed by atoms with Crippen molar-refractivity contribution < 1.29 is 44.6 Å². The van der Waals surface area contributed by atoms with Crippen molar-refractivity contribution in [2.75, 3.05) is 6.61 Å². The van der Waals surface area contributed by atoms with E-state index in [9.17, 15) is 35.1 Å². The Morgan fingerprint density at radius 2 is 1.60 bits per heavy atom. The van der Waals surface area contributed by atoms with Gasteiger partial charge in [-0.1, -0.05) is 56.7 Å². The molecule has 9 nitrogen and oxygen atoms in total. The maximum absolute atomic E-state index is 13.8. The molecule has 0 aromatic heterocycles. The van der Waals surface area contributed by atoms with Crippen molar-refractivity contribution in [1.82, 2.24) is 0 Å². The Kier molecular flexibility index (Phi) is 9.57. The lowest BCUT2D eigenvalue weighted by Crippen LogP contribution is -2.77. The highest BCUT2D eigenvalue weighted by Gasteiger charge is 2.76. The molecule has 0 aliphatic heterocycles. The number of thiol groups is 2. The van der Waals surface area contributed by atoms with Crippen LogP contribution in [0.2, 0.25) is 0 Å². The number of aliphatic hydroxyl groups is 5. The number of ether oxygens (including phenoxy) is 2. The molecule has 14 atom stereocenters.